The van der Waals surface area contributed by atoms with Gasteiger partial charge in [0.2, 0.25) is 0 Å². The first-order valence-electron chi connectivity index (χ1n) is 8.73. The molecule has 0 unspecified atom stereocenters. The number of morpholine rings is 1. The van der Waals surface area contributed by atoms with Gasteiger partial charge in [0.15, 0.2) is 5.60 Å². The zero-order valence-corrected chi connectivity index (χ0v) is 17.6. The van der Waals surface area contributed by atoms with Crippen molar-refractivity contribution in [3.8, 4) is 5.75 Å². The molecule has 2 aromatic rings. The Bertz CT molecular complexity index is 805. The van der Waals surface area contributed by atoms with Crippen molar-refractivity contribution in [1.82, 2.24) is 0 Å². The van der Waals surface area contributed by atoms with E-state index >= 15 is 0 Å². The van der Waals surface area contributed by atoms with Crippen LogP contribution in [0, 0.1) is 0 Å². The number of nitrogens with one attached hydrogen (secondary N) is 1. The van der Waals surface area contributed by atoms with Gasteiger partial charge in [0.1, 0.15) is 5.75 Å². The standard InChI is InChI=1S/C20H22BrClN2O3/c1-20(2,27-16-6-3-14(22)4-7-16)19(25)23-15-5-8-18(17(21)13-15)24-9-11-26-12-10-24/h3-8,13H,9-12H2,1-2H3,(H,23,25). The van der Waals surface area contributed by atoms with Gasteiger partial charge in [-0.3, -0.25) is 4.79 Å². The second-order valence-electron chi connectivity index (χ2n) is 6.79. The van der Waals surface area contributed by atoms with Crippen molar-refractivity contribution in [3.05, 3.63) is 52.0 Å². The minimum Gasteiger partial charge on any atom is -0.478 e. The van der Waals surface area contributed by atoms with Gasteiger partial charge in [0.25, 0.3) is 5.91 Å². The van der Waals surface area contributed by atoms with Crippen LogP contribution in [0.25, 0.3) is 0 Å². The SMILES string of the molecule is CC(C)(Oc1ccc(Cl)cc1)C(=O)Nc1ccc(N2CCOCC2)c(Br)c1. The molecule has 1 aliphatic heterocycles. The lowest BCUT2D eigenvalue weighted by Crippen LogP contribution is -2.42. The van der Waals surface area contributed by atoms with Crippen molar-refractivity contribution in [1.29, 1.82) is 0 Å². The number of hydrogen-bond acceptors (Lipinski definition) is 4. The molecule has 2 aromatic carbocycles. The number of nitrogens with zero attached hydrogens (tertiary/aromatic N) is 1. The van der Waals surface area contributed by atoms with Crippen LogP contribution >= 0.6 is 27.5 Å². The Morgan fingerprint density at radius 2 is 1.85 bits per heavy atom. The third-order valence-corrected chi connectivity index (χ3v) is 5.18. The van der Waals surface area contributed by atoms with Crippen LogP contribution in [0.15, 0.2) is 46.9 Å². The molecule has 0 atom stereocenters. The highest BCUT2D eigenvalue weighted by Crippen LogP contribution is 2.30. The number of hydrogen-bond donors (Lipinski definition) is 1. The highest BCUT2D eigenvalue weighted by Gasteiger charge is 2.30. The molecule has 1 heterocycles. The summed E-state index contributed by atoms with van der Waals surface area (Å²) in [6.45, 7) is 6.61. The first kappa shape index (κ1) is 20.0. The summed E-state index contributed by atoms with van der Waals surface area (Å²) in [6.07, 6.45) is 0. The van der Waals surface area contributed by atoms with Gasteiger partial charge in [-0.05, 0) is 72.2 Å². The third-order valence-electron chi connectivity index (χ3n) is 4.29. The normalized spacial score (nSPS) is 14.7. The Morgan fingerprint density at radius 1 is 1.19 bits per heavy atom. The molecule has 1 amide bonds. The minimum atomic E-state index is -1.04. The van der Waals surface area contributed by atoms with E-state index < -0.39 is 5.60 Å². The van der Waals surface area contributed by atoms with E-state index in [1.54, 1.807) is 38.1 Å². The van der Waals surface area contributed by atoms with E-state index in [2.05, 4.69) is 26.1 Å². The summed E-state index contributed by atoms with van der Waals surface area (Å²) >= 11 is 9.49. The Labute approximate surface area is 172 Å². The zero-order valence-electron chi connectivity index (χ0n) is 15.3. The van der Waals surface area contributed by atoms with Gasteiger partial charge in [-0.25, -0.2) is 0 Å². The van der Waals surface area contributed by atoms with Crippen molar-refractivity contribution in [2.75, 3.05) is 36.5 Å². The molecule has 1 aliphatic rings. The molecule has 0 saturated carbocycles. The van der Waals surface area contributed by atoms with Gasteiger partial charge in [-0.2, -0.15) is 0 Å². The number of amides is 1. The highest BCUT2D eigenvalue weighted by atomic mass is 79.9. The molecule has 0 radical (unpaired) electrons. The summed E-state index contributed by atoms with van der Waals surface area (Å²) in [7, 11) is 0. The fraction of sp³-hybridized carbons (Fsp3) is 0.350. The molecule has 0 aliphatic carbocycles. The Kier molecular flexibility index (Phi) is 6.29. The van der Waals surface area contributed by atoms with Crippen LogP contribution < -0.4 is 15.0 Å². The molecule has 1 fully saturated rings. The summed E-state index contributed by atoms with van der Waals surface area (Å²) in [6, 6.07) is 12.7. The molecule has 7 heteroatoms. The number of anilines is 2. The second kappa shape index (κ2) is 8.50. The van der Waals surface area contributed by atoms with Gasteiger partial charge >= 0.3 is 0 Å². The van der Waals surface area contributed by atoms with E-state index in [1.807, 2.05) is 18.2 Å². The molecule has 0 spiro atoms. The number of ether oxygens (including phenoxy) is 2. The van der Waals surface area contributed by atoms with Crippen molar-refractivity contribution >= 4 is 44.8 Å². The quantitative estimate of drug-likeness (QED) is 0.711. The lowest BCUT2D eigenvalue weighted by molar-refractivity contribution is -0.128. The van der Waals surface area contributed by atoms with Crippen molar-refractivity contribution in [2.45, 2.75) is 19.4 Å². The number of benzene rings is 2. The second-order valence-corrected chi connectivity index (χ2v) is 8.08. The van der Waals surface area contributed by atoms with Crippen LogP contribution in [0.4, 0.5) is 11.4 Å². The van der Waals surface area contributed by atoms with Gasteiger partial charge in [-0.1, -0.05) is 11.6 Å². The summed E-state index contributed by atoms with van der Waals surface area (Å²) < 4.78 is 12.2. The van der Waals surface area contributed by atoms with Crippen molar-refractivity contribution in [3.63, 3.8) is 0 Å². The fourth-order valence-corrected chi connectivity index (χ4v) is 3.53. The van der Waals surface area contributed by atoms with Crippen LogP contribution in [0.5, 0.6) is 5.75 Å². The third kappa shape index (κ3) is 5.15. The number of rotatable bonds is 5. The molecule has 1 N–H and O–H groups in total. The molecule has 5 nitrogen and oxygen atoms in total. The van der Waals surface area contributed by atoms with E-state index in [0.717, 1.165) is 36.5 Å². The van der Waals surface area contributed by atoms with Crippen LogP contribution in [0.3, 0.4) is 0 Å². The Balaban J connectivity index is 1.67. The van der Waals surface area contributed by atoms with E-state index in [-0.39, 0.29) is 5.91 Å². The first-order valence-corrected chi connectivity index (χ1v) is 9.90. The van der Waals surface area contributed by atoms with Gasteiger partial charge in [-0.15, -0.1) is 0 Å². The number of carbonyl (C=O) groups excluding carboxylic acids is 1. The molecule has 0 bridgehead atoms. The Morgan fingerprint density at radius 3 is 2.48 bits per heavy atom. The monoisotopic (exact) mass is 452 g/mol. The molecule has 144 valence electrons. The minimum absolute atomic E-state index is 0.233. The van der Waals surface area contributed by atoms with E-state index in [1.165, 1.54) is 0 Å². The predicted octanol–water partition coefficient (Wildman–Crippen LogP) is 4.74. The van der Waals surface area contributed by atoms with Crippen LogP contribution in [0.2, 0.25) is 5.02 Å². The largest absolute Gasteiger partial charge is 0.478 e. The van der Waals surface area contributed by atoms with Crippen LogP contribution in [-0.4, -0.2) is 37.8 Å². The highest BCUT2D eigenvalue weighted by molar-refractivity contribution is 9.10. The summed E-state index contributed by atoms with van der Waals surface area (Å²) in [5.41, 5.74) is 0.757. The Hall–Kier alpha value is -1.76. The van der Waals surface area contributed by atoms with Crippen molar-refractivity contribution in [2.24, 2.45) is 0 Å². The summed E-state index contributed by atoms with van der Waals surface area (Å²) in [5.74, 6) is 0.354. The van der Waals surface area contributed by atoms with E-state index in [0.29, 0.717) is 16.5 Å². The topological polar surface area (TPSA) is 50.8 Å². The average Bonchev–Trinajstić information content (AvgIpc) is 2.64. The number of carbonyl (C=O) groups is 1. The smallest absolute Gasteiger partial charge is 0.267 e. The molecular formula is C20H22BrClN2O3. The van der Waals surface area contributed by atoms with Gasteiger partial charge in [0, 0.05) is 28.3 Å². The first-order chi connectivity index (χ1) is 12.8. The van der Waals surface area contributed by atoms with Crippen molar-refractivity contribution < 1.29 is 14.3 Å². The molecule has 1 saturated heterocycles. The summed E-state index contributed by atoms with van der Waals surface area (Å²) in [5, 5.41) is 3.54. The lowest BCUT2D eigenvalue weighted by atomic mass is 10.1. The maximum Gasteiger partial charge on any atom is 0.267 e. The maximum atomic E-state index is 12.7. The fourth-order valence-electron chi connectivity index (χ4n) is 2.77. The van der Waals surface area contributed by atoms with Gasteiger partial charge < -0.3 is 19.7 Å². The maximum absolute atomic E-state index is 12.7. The average molecular weight is 454 g/mol. The molecular weight excluding hydrogens is 432 g/mol. The zero-order chi connectivity index (χ0) is 19.4. The van der Waals surface area contributed by atoms with Crippen LogP contribution in [-0.2, 0) is 9.53 Å². The van der Waals surface area contributed by atoms with Gasteiger partial charge in [0.05, 0.1) is 18.9 Å². The lowest BCUT2D eigenvalue weighted by Gasteiger charge is -2.30. The van der Waals surface area contributed by atoms with Crippen LogP contribution in [0.1, 0.15) is 13.8 Å². The number of halogens is 2. The predicted molar refractivity (Wildman–Crippen MR) is 112 cm³/mol. The summed E-state index contributed by atoms with van der Waals surface area (Å²) in [4.78, 5) is 15.0. The molecule has 3 rings (SSSR count). The molecule has 27 heavy (non-hydrogen) atoms. The van der Waals surface area contributed by atoms with E-state index in [4.69, 9.17) is 21.1 Å². The molecule has 0 aromatic heterocycles. The van der Waals surface area contributed by atoms with E-state index in [9.17, 15) is 4.79 Å².